The third-order valence-electron chi connectivity index (χ3n) is 3.52. The maximum atomic E-state index is 12.1. The van der Waals surface area contributed by atoms with Crippen LogP contribution in [0.2, 0.25) is 5.02 Å². The first-order valence-corrected chi connectivity index (χ1v) is 9.64. The molecule has 0 atom stereocenters. The topological polar surface area (TPSA) is 83.1 Å². The second-order valence-electron chi connectivity index (χ2n) is 6.33. The smallest absolute Gasteiger partial charge is 0.270 e. The highest BCUT2D eigenvalue weighted by molar-refractivity contribution is 7.14. The number of anilines is 2. The molecule has 0 saturated heterocycles. The van der Waals surface area contributed by atoms with Crippen molar-refractivity contribution in [2.75, 3.05) is 18.4 Å². The van der Waals surface area contributed by atoms with E-state index in [1.54, 1.807) is 5.38 Å². The van der Waals surface area contributed by atoms with Crippen molar-refractivity contribution in [1.82, 2.24) is 15.6 Å². The van der Waals surface area contributed by atoms with Crippen LogP contribution < -0.4 is 16.0 Å². The van der Waals surface area contributed by atoms with Gasteiger partial charge in [-0.05, 0) is 30.5 Å². The number of rotatable bonds is 8. The Labute approximate surface area is 162 Å². The van der Waals surface area contributed by atoms with Gasteiger partial charge in [0.1, 0.15) is 5.69 Å². The zero-order chi connectivity index (χ0) is 19.1. The third-order valence-corrected chi connectivity index (χ3v) is 4.52. The number of hydrogen-bond acceptors (Lipinski definition) is 5. The van der Waals surface area contributed by atoms with Crippen LogP contribution >= 0.6 is 22.9 Å². The van der Waals surface area contributed by atoms with E-state index in [4.69, 9.17) is 11.6 Å². The molecule has 1 aromatic carbocycles. The molecule has 6 nitrogen and oxygen atoms in total. The Kier molecular flexibility index (Phi) is 7.41. The summed E-state index contributed by atoms with van der Waals surface area (Å²) in [7, 11) is 0. The molecular weight excluding hydrogens is 372 g/mol. The van der Waals surface area contributed by atoms with Crippen LogP contribution in [-0.4, -0.2) is 29.9 Å². The first-order chi connectivity index (χ1) is 12.3. The van der Waals surface area contributed by atoms with Crippen LogP contribution in [0.4, 0.5) is 10.8 Å². The van der Waals surface area contributed by atoms with Gasteiger partial charge in [-0.15, -0.1) is 11.3 Å². The van der Waals surface area contributed by atoms with E-state index in [0.29, 0.717) is 28.3 Å². The van der Waals surface area contributed by atoms with Crippen molar-refractivity contribution >= 4 is 45.6 Å². The molecular formula is C18H23ClN4O2S. The highest BCUT2D eigenvalue weighted by Gasteiger charge is 2.12. The number of amides is 2. The van der Waals surface area contributed by atoms with Gasteiger partial charge in [0.2, 0.25) is 5.91 Å². The standard InChI is InChI=1S/C18H23ClN4O2S/c1-11(2)9-21-16(24)6-7-20-17(25)15-10-26-18(23-15)22-14-8-13(19)5-4-12(14)3/h4-5,8,10-11H,6-7,9H2,1-3H3,(H,20,25)(H,21,24)(H,22,23). The Morgan fingerprint density at radius 3 is 2.77 bits per heavy atom. The average molecular weight is 395 g/mol. The molecule has 140 valence electrons. The Bertz CT molecular complexity index is 776. The van der Waals surface area contributed by atoms with Crippen molar-refractivity contribution in [2.45, 2.75) is 27.2 Å². The first kappa shape index (κ1) is 20.2. The summed E-state index contributed by atoms with van der Waals surface area (Å²) in [5.74, 6) is 0.0300. The Balaban J connectivity index is 1.84. The summed E-state index contributed by atoms with van der Waals surface area (Å²) in [6.45, 7) is 6.93. The minimum Gasteiger partial charge on any atom is -0.356 e. The van der Waals surface area contributed by atoms with Gasteiger partial charge < -0.3 is 16.0 Å². The van der Waals surface area contributed by atoms with Crippen LogP contribution in [0.25, 0.3) is 0 Å². The van der Waals surface area contributed by atoms with E-state index in [2.05, 4.69) is 20.9 Å². The van der Waals surface area contributed by atoms with Gasteiger partial charge in [0.15, 0.2) is 5.13 Å². The molecule has 2 rings (SSSR count). The van der Waals surface area contributed by atoms with Crippen LogP contribution in [0, 0.1) is 12.8 Å². The third kappa shape index (κ3) is 6.31. The number of thiazole rings is 1. The predicted molar refractivity (Wildman–Crippen MR) is 106 cm³/mol. The molecule has 0 unspecified atom stereocenters. The van der Waals surface area contributed by atoms with E-state index in [1.807, 2.05) is 39.0 Å². The van der Waals surface area contributed by atoms with Crippen molar-refractivity contribution in [1.29, 1.82) is 0 Å². The van der Waals surface area contributed by atoms with E-state index in [9.17, 15) is 9.59 Å². The maximum absolute atomic E-state index is 12.1. The molecule has 0 radical (unpaired) electrons. The summed E-state index contributed by atoms with van der Waals surface area (Å²) < 4.78 is 0. The van der Waals surface area contributed by atoms with E-state index < -0.39 is 0 Å². The van der Waals surface area contributed by atoms with Crippen LogP contribution in [0.15, 0.2) is 23.6 Å². The zero-order valence-electron chi connectivity index (χ0n) is 15.1. The molecule has 0 saturated carbocycles. The minimum atomic E-state index is -0.297. The molecule has 3 N–H and O–H groups in total. The number of aromatic nitrogens is 1. The van der Waals surface area contributed by atoms with Gasteiger partial charge >= 0.3 is 0 Å². The quantitative estimate of drug-likeness (QED) is 0.636. The van der Waals surface area contributed by atoms with Crippen LogP contribution in [0.1, 0.15) is 36.3 Å². The van der Waals surface area contributed by atoms with Gasteiger partial charge in [0.25, 0.3) is 5.91 Å². The highest BCUT2D eigenvalue weighted by atomic mass is 35.5. The molecule has 2 amide bonds. The zero-order valence-corrected chi connectivity index (χ0v) is 16.6. The van der Waals surface area contributed by atoms with Crippen molar-refractivity contribution in [3.63, 3.8) is 0 Å². The average Bonchev–Trinajstić information content (AvgIpc) is 3.05. The van der Waals surface area contributed by atoms with Crippen molar-refractivity contribution < 1.29 is 9.59 Å². The monoisotopic (exact) mass is 394 g/mol. The molecule has 1 aromatic heterocycles. The highest BCUT2D eigenvalue weighted by Crippen LogP contribution is 2.26. The summed E-state index contributed by atoms with van der Waals surface area (Å²) >= 11 is 7.34. The fraction of sp³-hybridized carbons (Fsp3) is 0.389. The first-order valence-electron chi connectivity index (χ1n) is 8.38. The van der Waals surface area contributed by atoms with Crippen molar-refractivity contribution in [2.24, 2.45) is 5.92 Å². The molecule has 0 spiro atoms. The summed E-state index contributed by atoms with van der Waals surface area (Å²) in [4.78, 5) is 28.1. The Hall–Kier alpha value is -2.12. The van der Waals surface area contributed by atoms with E-state index in [1.165, 1.54) is 11.3 Å². The van der Waals surface area contributed by atoms with Gasteiger partial charge in [-0.2, -0.15) is 0 Å². The summed E-state index contributed by atoms with van der Waals surface area (Å²) in [6, 6.07) is 5.55. The predicted octanol–water partition coefficient (Wildman–Crippen LogP) is 3.74. The van der Waals surface area contributed by atoms with Gasteiger partial charge in [0, 0.05) is 35.6 Å². The maximum Gasteiger partial charge on any atom is 0.270 e. The fourth-order valence-electron chi connectivity index (χ4n) is 2.07. The molecule has 0 aliphatic carbocycles. The lowest BCUT2D eigenvalue weighted by Crippen LogP contribution is -2.32. The van der Waals surface area contributed by atoms with Crippen LogP contribution in [0.3, 0.4) is 0 Å². The molecule has 1 heterocycles. The summed E-state index contributed by atoms with van der Waals surface area (Å²) in [5.41, 5.74) is 2.20. The molecule has 0 aliphatic rings. The minimum absolute atomic E-state index is 0.0731. The van der Waals surface area contributed by atoms with Crippen LogP contribution in [-0.2, 0) is 4.79 Å². The van der Waals surface area contributed by atoms with Gasteiger partial charge in [-0.1, -0.05) is 31.5 Å². The van der Waals surface area contributed by atoms with Gasteiger partial charge in [0.05, 0.1) is 0 Å². The normalized spacial score (nSPS) is 10.7. The number of nitrogens with zero attached hydrogens (tertiary/aromatic N) is 1. The fourth-order valence-corrected chi connectivity index (χ4v) is 2.94. The number of aryl methyl sites for hydroxylation is 1. The molecule has 0 fully saturated rings. The lowest BCUT2D eigenvalue weighted by Gasteiger charge is -2.08. The lowest BCUT2D eigenvalue weighted by atomic mass is 10.2. The summed E-state index contributed by atoms with van der Waals surface area (Å²) in [6.07, 6.45) is 0.245. The Morgan fingerprint density at radius 2 is 2.04 bits per heavy atom. The number of hydrogen-bond donors (Lipinski definition) is 3. The van der Waals surface area contributed by atoms with E-state index in [-0.39, 0.29) is 24.8 Å². The molecule has 0 aliphatic heterocycles. The largest absolute Gasteiger partial charge is 0.356 e. The van der Waals surface area contributed by atoms with Gasteiger partial charge in [-0.3, -0.25) is 9.59 Å². The number of carbonyl (C=O) groups is 2. The van der Waals surface area contributed by atoms with Crippen LogP contribution in [0.5, 0.6) is 0 Å². The molecule has 8 heteroatoms. The number of carbonyl (C=O) groups excluding carboxylic acids is 2. The Morgan fingerprint density at radius 1 is 1.27 bits per heavy atom. The van der Waals surface area contributed by atoms with Crippen molar-refractivity contribution in [3.05, 3.63) is 39.9 Å². The van der Waals surface area contributed by atoms with Gasteiger partial charge in [-0.25, -0.2) is 4.98 Å². The van der Waals surface area contributed by atoms with Crippen molar-refractivity contribution in [3.8, 4) is 0 Å². The number of nitrogens with one attached hydrogen (secondary N) is 3. The molecule has 0 bridgehead atoms. The number of benzene rings is 1. The van der Waals surface area contributed by atoms with E-state index in [0.717, 1.165) is 11.3 Å². The summed E-state index contributed by atoms with van der Waals surface area (Å²) in [5, 5.41) is 11.6. The molecule has 2 aromatic rings. The SMILES string of the molecule is Cc1ccc(Cl)cc1Nc1nc(C(=O)NCCC(=O)NCC(C)C)cs1. The second kappa shape index (κ2) is 9.54. The molecule has 26 heavy (non-hydrogen) atoms. The van der Waals surface area contributed by atoms with E-state index >= 15 is 0 Å². The second-order valence-corrected chi connectivity index (χ2v) is 7.62. The lowest BCUT2D eigenvalue weighted by molar-refractivity contribution is -0.121. The number of halogens is 1.